The van der Waals surface area contributed by atoms with Crippen molar-refractivity contribution in [2.75, 3.05) is 16.8 Å². The van der Waals surface area contributed by atoms with Crippen LogP contribution >= 0.6 is 11.6 Å². The van der Waals surface area contributed by atoms with Gasteiger partial charge in [0, 0.05) is 34.1 Å². The van der Waals surface area contributed by atoms with Crippen LogP contribution in [0.1, 0.15) is 38.3 Å². The Labute approximate surface area is 179 Å². The molecule has 3 aromatic carbocycles. The summed E-state index contributed by atoms with van der Waals surface area (Å²) in [6, 6.07) is 16.2. The summed E-state index contributed by atoms with van der Waals surface area (Å²) >= 11 is 6.13. The summed E-state index contributed by atoms with van der Waals surface area (Å²) in [6.45, 7) is 2.43. The Hall–Kier alpha value is -3.18. The van der Waals surface area contributed by atoms with E-state index in [2.05, 4.69) is 5.32 Å². The molecule has 0 saturated heterocycles. The van der Waals surface area contributed by atoms with E-state index in [4.69, 9.17) is 11.6 Å². The lowest BCUT2D eigenvalue weighted by Gasteiger charge is -2.30. The molecule has 4 nitrogen and oxygen atoms in total. The molecule has 3 aromatic rings. The summed E-state index contributed by atoms with van der Waals surface area (Å²) in [7, 11) is 0. The molecule has 0 aliphatic carbocycles. The first-order valence-corrected chi connectivity index (χ1v) is 10.1. The highest BCUT2D eigenvalue weighted by molar-refractivity contribution is 6.31. The third-order valence-corrected chi connectivity index (χ3v) is 5.72. The Kier molecular flexibility index (Phi) is 5.55. The number of halogens is 2. The van der Waals surface area contributed by atoms with Gasteiger partial charge in [-0.05, 0) is 85.5 Å². The minimum absolute atomic E-state index is 0.178. The molecule has 4 rings (SSSR count). The van der Waals surface area contributed by atoms with Gasteiger partial charge < -0.3 is 10.2 Å². The number of nitrogens with one attached hydrogen (secondary N) is 1. The second-order valence-corrected chi connectivity index (χ2v) is 7.68. The molecule has 1 heterocycles. The molecule has 152 valence electrons. The summed E-state index contributed by atoms with van der Waals surface area (Å²) in [5.41, 5.74) is 4.14. The van der Waals surface area contributed by atoms with Crippen LogP contribution in [0.25, 0.3) is 0 Å². The van der Waals surface area contributed by atoms with Crippen LogP contribution in [0.15, 0.2) is 60.7 Å². The van der Waals surface area contributed by atoms with Gasteiger partial charge in [-0.1, -0.05) is 17.7 Å². The number of rotatable bonds is 3. The monoisotopic (exact) mass is 422 g/mol. The van der Waals surface area contributed by atoms with E-state index < -0.39 is 0 Å². The van der Waals surface area contributed by atoms with E-state index in [0.29, 0.717) is 28.4 Å². The maximum atomic E-state index is 13.2. The van der Waals surface area contributed by atoms with Crippen molar-refractivity contribution in [2.24, 2.45) is 0 Å². The number of nitrogens with zero attached hydrogens (tertiary/aromatic N) is 1. The van der Waals surface area contributed by atoms with Gasteiger partial charge in [-0.2, -0.15) is 0 Å². The molecular formula is C24H20ClFN2O2. The number of hydrogen-bond acceptors (Lipinski definition) is 2. The van der Waals surface area contributed by atoms with Crippen LogP contribution < -0.4 is 10.2 Å². The molecule has 1 aliphatic heterocycles. The molecule has 6 heteroatoms. The number of carbonyl (C=O) groups is 2. The van der Waals surface area contributed by atoms with Crippen LogP contribution in [0.5, 0.6) is 0 Å². The Morgan fingerprint density at radius 1 is 1.03 bits per heavy atom. The highest BCUT2D eigenvalue weighted by Crippen LogP contribution is 2.30. The van der Waals surface area contributed by atoms with Gasteiger partial charge in [0.05, 0.1) is 0 Å². The first-order valence-electron chi connectivity index (χ1n) is 9.71. The molecule has 0 atom stereocenters. The Balaban J connectivity index is 1.58. The van der Waals surface area contributed by atoms with Crippen molar-refractivity contribution in [3.63, 3.8) is 0 Å². The lowest BCUT2D eigenvalue weighted by molar-refractivity contribution is 0.0984. The van der Waals surface area contributed by atoms with Gasteiger partial charge in [0.2, 0.25) is 0 Å². The fraction of sp³-hybridized carbons (Fsp3) is 0.167. The van der Waals surface area contributed by atoms with Gasteiger partial charge in [0.1, 0.15) is 5.82 Å². The van der Waals surface area contributed by atoms with Gasteiger partial charge in [-0.25, -0.2) is 4.39 Å². The van der Waals surface area contributed by atoms with Crippen molar-refractivity contribution in [1.82, 2.24) is 0 Å². The minimum Gasteiger partial charge on any atom is -0.322 e. The second kappa shape index (κ2) is 8.28. The van der Waals surface area contributed by atoms with Gasteiger partial charge >= 0.3 is 0 Å². The average Bonchev–Trinajstić information content (AvgIpc) is 2.76. The van der Waals surface area contributed by atoms with E-state index >= 15 is 0 Å². The van der Waals surface area contributed by atoms with Crippen molar-refractivity contribution in [3.8, 4) is 0 Å². The summed E-state index contributed by atoms with van der Waals surface area (Å²) in [5, 5.41) is 3.49. The van der Waals surface area contributed by atoms with Crippen LogP contribution in [0.3, 0.4) is 0 Å². The maximum Gasteiger partial charge on any atom is 0.258 e. The number of hydrogen-bond donors (Lipinski definition) is 1. The topological polar surface area (TPSA) is 49.4 Å². The SMILES string of the molecule is Cc1c(Cl)cccc1NC(=O)c1ccc2c(c1)CCCN2C(=O)c1ccc(F)cc1. The molecule has 1 aliphatic rings. The lowest BCUT2D eigenvalue weighted by atomic mass is 9.98. The Morgan fingerprint density at radius 2 is 1.77 bits per heavy atom. The standard InChI is InChI=1S/C24H20ClFN2O2/c1-15-20(25)5-2-6-21(15)27-23(29)18-9-12-22-17(14-18)4-3-13-28(22)24(30)16-7-10-19(26)11-8-16/h2,5-12,14H,3-4,13H2,1H3,(H,27,29). The molecule has 0 aromatic heterocycles. The molecule has 0 saturated carbocycles. The Bertz CT molecular complexity index is 1130. The van der Waals surface area contributed by atoms with Gasteiger partial charge in [-0.15, -0.1) is 0 Å². The summed E-state index contributed by atoms with van der Waals surface area (Å²) < 4.78 is 13.2. The van der Waals surface area contributed by atoms with E-state index in [9.17, 15) is 14.0 Å². The number of carbonyl (C=O) groups excluding carboxylic acids is 2. The predicted molar refractivity (Wildman–Crippen MR) is 117 cm³/mol. The normalized spacial score (nSPS) is 13.0. The number of benzene rings is 3. The van der Waals surface area contributed by atoms with Crippen LogP contribution in [-0.2, 0) is 6.42 Å². The van der Waals surface area contributed by atoms with Gasteiger partial charge in [0.25, 0.3) is 11.8 Å². The van der Waals surface area contributed by atoms with Crippen molar-refractivity contribution in [2.45, 2.75) is 19.8 Å². The zero-order valence-electron chi connectivity index (χ0n) is 16.4. The van der Waals surface area contributed by atoms with Crippen LogP contribution in [0.4, 0.5) is 15.8 Å². The van der Waals surface area contributed by atoms with Crippen molar-refractivity contribution >= 4 is 34.8 Å². The van der Waals surface area contributed by atoms with Crippen LogP contribution in [0, 0.1) is 12.7 Å². The first kappa shape index (κ1) is 20.1. The zero-order valence-corrected chi connectivity index (χ0v) is 17.2. The zero-order chi connectivity index (χ0) is 21.3. The third-order valence-electron chi connectivity index (χ3n) is 5.31. The van der Waals surface area contributed by atoms with Crippen LogP contribution in [0.2, 0.25) is 5.02 Å². The predicted octanol–water partition coefficient (Wildman–Crippen LogP) is 5.63. The molecule has 2 amide bonds. The first-order chi connectivity index (χ1) is 14.4. The molecule has 30 heavy (non-hydrogen) atoms. The summed E-state index contributed by atoms with van der Waals surface area (Å²) in [6.07, 6.45) is 1.57. The van der Waals surface area contributed by atoms with E-state index in [0.717, 1.165) is 29.7 Å². The van der Waals surface area contributed by atoms with Crippen molar-refractivity contribution in [3.05, 3.63) is 93.8 Å². The third kappa shape index (κ3) is 3.94. The highest BCUT2D eigenvalue weighted by atomic mass is 35.5. The molecule has 0 unspecified atom stereocenters. The second-order valence-electron chi connectivity index (χ2n) is 7.28. The number of anilines is 2. The number of amides is 2. The lowest BCUT2D eigenvalue weighted by Crippen LogP contribution is -2.35. The van der Waals surface area contributed by atoms with E-state index in [-0.39, 0.29) is 17.6 Å². The fourth-order valence-electron chi connectivity index (χ4n) is 3.63. The molecule has 0 fully saturated rings. The summed E-state index contributed by atoms with van der Waals surface area (Å²) in [4.78, 5) is 27.4. The smallest absolute Gasteiger partial charge is 0.258 e. The largest absolute Gasteiger partial charge is 0.322 e. The molecule has 1 N–H and O–H groups in total. The number of fused-ring (bicyclic) bond motifs is 1. The van der Waals surface area contributed by atoms with E-state index in [1.165, 1.54) is 24.3 Å². The van der Waals surface area contributed by atoms with E-state index in [1.54, 1.807) is 35.2 Å². The maximum absolute atomic E-state index is 13.2. The molecule has 0 radical (unpaired) electrons. The average molecular weight is 423 g/mol. The molecule has 0 bridgehead atoms. The van der Waals surface area contributed by atoms with Crippen molar-refractivity contribution < 1.29 is 14.0 Å². The fourth-order valence-corrected chi connectivity index (χ4v) is 3.81. The quantitative estimate of drug-likeness (QED) is 0.594. The van der Waals surface area contributed by atoms with Crippen molar-refractivity contribution in [1.29, 1.82) is 0 Å². The molecular weight excluding hydrogens is 403 g/mol. The van der Waals surface area contributed by atoms with E-state index in [1.807, 2.05) is 13.0 Å². The summed E-state index contributed by atoms with van der Waals surface area (Å²) in [5.74, 6) is -0.788. The number of aryl methyl sites for hydroxylation is 1. The van der Waals surface area contributed by atoms with Crippen LogP contribution in [-0.4, -0.2) is 18.4 Å². The minimum atomic E-state index is -0.379. The Morgan fingerprint density at radius 3 is 2.53 bits per heavy atom. The van der Waals surface area contributed by atoms with Gasteiger partial charge in [-0.3, -0.25) is 9.59 Å². The molecule has 0 spiro atoms. The highest BCUT2D eigenvalue weighted by Gasteiger charge is 2.24. The van der Waals surface area contributed by atoms with Gasteiger partial charge in [0.15, 0.2) is 0 Å².